The first-order chi connectivity index (χ1) is 8.01. The highest BCUT2D eigenvalue weighted by atomic mass is 16.8. The van der Waals surface area contributed by atoms with E-state index in [1.54, 1.807) is 18.7 Å². The summed E-state index contributed by atoms with van der Waals surface area (Å²) in [5.74, 6) is -0.133. The molecule has 1 N–H and O–H groups in total. The Hall–Kier alpha value is -1.54. The predicted molar refractivity (Wildman–Crippen MR) is 56.6 cm³/mol. The molecule has 2 heterocycles. The van der Waals surface area contributed by atoms with Gasteiger partial charge in [-0.3, -0.25) is 4.79 Å². The Morgan fingerprint density at radius 1 is 1.41 bits per heavy atom. The van der Waals surface area contributed by atoms with Crippen LogP contribution in [-0.4, -0.2) is 59.0 Å². The molecule has 2 aliphatic heterocycles. The molecule has 95 valence electrons. The van der Waals surface area contributed by atoms with Crippen LogP contribution in [0.3, 0.4) is 0 Å². The van der Waals surface area contributed by atoms with Crippen LogP contribution in [0.5, 0.6) is 0 Å². The fraction of sp³-hybridized carbons (Fsp3) is 0.778. The van der Waals surface area contributed by atoms with E-state index >= 15 is 0 Å². The molecule has 0 aromatic rings. The molecule has 0 atom stereocenters. The molecule has 1 amide bonds. The SMILES string of the molecule is CC(C)(C(=O)N1CCOCC1)N1[N]OC(O)=N1. The first-order valence-corrected chi connectivity index (χ1v) is 5.35. The molecule has 8 heteroatoms. The minimum absolute atomic E-state index is 0.133. The Morgan fingerprint density at radius 2 is 2.06 bits per heavy atom. The van der Waals surface area contributed by atoms with E-state index in [0.717, 1.165) is 5.12 Å². The number of nitrogens with zero attached hydrogens (tertiary/aromatic N) is 4. The Morgan fingerprint density at radius 3 is 2.59 bits per heavy atom. The molecule has 2 aliphatic rings. The van der Waals surface area contributed by atoms with Crippen molar-refractivity contribution in [3.05, 3.63) is 0 Å². The minimum Gasteiger partial charge on any atom is -0.464 e. The molecule has 2 rings (SSSR count). The van der Waals surface area contributed by atoms with Crippen LogP contribution in [0.2, 0.25) is 0 Å². The highest BCUT2D eigenvalue weighted by Gasteiger charge is 2.42. The summed E-state index contributed by atoms with van der Waals surface area (Å²) >= 11 is 0. The van der Waals surface area contributed by atoms with Crippen LogP contribution in [0.4, 0.5) is 0 Å². The largest absolute Gasteiger partial charge is 0.464 e. The number of carbonyl (C=O) groups excluding carboxylic acids is 1. The number of hydrogen-bond donors (Lipinski definition) is 1. The Balaban J connectivity index is 2.06. The quantitative estimate of drug-likeness (QED) is 0.687. The van der Waals surface area contributed by atoms with Gasteiger partial charge in [-0.2, -0.15) is 5.12 Å². The molecule has 0 unspecified atom stereocenters. The minimum atomic E-state index is -0.998. The molecule has 0 spiro atoms. The molecule has 1 fully saturated rings. The number of amides is 1. The highest BCUT2D eigenvalue weighted by Crippen LogP contribution is 2.20. The van der Waals surface area contributed by atoms with E-state index in [1.807, 2.05) is 0 Å². The van der Waals surface area contributed by atoms with E-state index in [0.29, 0.717) is 26.3 Å². The lowest BCUT2D eigenvalue weighted by Crippen LogP contribution is -2.57. The molecule has 0 aliphatic carbocycles. The number of rotatable bonds is 2. The van der Waals surface area contributed by atoms with E-state index in [4.69, 9.17) is 9.84 Å². The van der Waals surface area contributed by atoms with E-state index in [2.05, 4.69) is 15.5 Å². The second-order valence-electron chi connectivity index (χ2n) is 4.31. The lowest BCUT2D eigenvalue weighted by Gasteiger charge is -2.35. The standard InChI is InChI=1S/C9H15N4O4/c1-9(2,13-10-8(15)17-11-13)7(14)12-3-5-16-6-4-12/h3-6H2,1-2H3,(H,10,15). The monoisotopic (exact) mass is 243 g/mol. The number of hydrazone groups is 1. The van der Waals surface area contributed by atoms with Crippen molar-refractivity contribution in [2.75, 3.05) is 26.3 Å². The molecule has 0 bridgehead atoms. The van der Waals surface area contributed by atoms with Gasteiger partial charge < -0.3 is 19.6 Å². The summed E-state index contributed by atoms with van der Waals surface area (Å²) in [4.78, 5) is 18.4. The maximum atomic E-state index is 12.3. The van der Waals surface area contributed by atoms with Crippen LogP contribution in [0, 0.1) is 0 Å². The maximum Gasteiger partial charge on any atom is 0.427 e. The van der Waals surface area contributed by atoms with Crippen LogP contribution < -0.4 is 5.59 Å². The topological polar surface area (TPSA) is 88.7 Å². The average Bonchev–Trinajstić information content (AvgIpc) is 2.77. The van der Waals surface area contributed by atoms with Gasteiger partial charge in [0.1, 0.15) is 5.59 Å². The molecule has 17 heavy (non-hydrogen) atoms. The van der Waals surface area contributed by atoms with E-state index in [1.165, 1.54) is 0 Å². The number of aliphatic hydroxyl groups is 1. The van der Waals surface area contributed by atoms with Gasteiger partial charge in [-0.15, -0.1) is 0 Å². The van der Waals surface area contributed by atoms with Crippen molar-refractivity contribution in [3.8, 4) is 0 Å². The number of aliphatic hydroxyl groups excluding tert-OH is 1. The predicted octanol–water partition coefficient (Wildman–Crippen LogP) is -0.781. The smallest absolute Gasteiger partial charge is 0.427 e. The average molecular weight is 243 g/mol. The molecule has 1 saturated heterocycles. The zero-order chi connectivity index (χ0) is 12.5. The van der Waals surface area contributed by atoms with Crippen molar-refractivity contribution in [1.29, 1.82) is 0 Å². The van der Waals surface area contributed by atoms with Gasteiger partial charge in [0.15, 0.2) is 5.54 Å². The van der Waals surface area contributed by atoms with Crippen LogP contribution in [-0.2, 0) is 14.4 Å². The van der Waals surface area contributed by atoms with E-state index < -0.39 is 11.6 Å². The summed E-state index contributed by atoms with van der Waals surface area (Å²) in [5, 5.41) is 13.7. The first-order valence-electron chi connectivity index (χ1n) is 5.35. The summed E-state index contributed by atoms with van der Waals surface area (Å²) < 4.78 is 5.18. The number of hydrogen-bond acceptors (Lipinski definition) is 5. The molecule has 0 aromatic heterocycles. The lowest BCUT2D eigenvalue weighted by molar-refractivity contribution is -0.154. The van der Waals surface area contributed by atoms with Crippen LogP contribution >= 0.6 is 0 Å². The lowest BCUT2D eigenvalue weighted by atomic mass is 10.0. The van der Waals surface area contributed by atoms with Crippen molar-refractivity contribution in [2.24, 2.45) is 5.10 Å². The summed E-state index contributed by atoms with van der Waals surface area (Å²) in [6.45, 7) is 5.49. The maximum absolute atomic E-state index is 12.3. The van der Waals surface area contributed by atoms with Gasteiger partial charge in [0.05, 0.1) is 13.2 Å². The van der Waals surface area contributed by atoms with Gasteiger partial charge in [0.2, 0.25) is 0 Å². The third-order valence-corrected chi connectivity index (χ3v) is 2.70. The Labute approximate surface area is 98.7 Å². The van der Waals surface area contributed by atoms with E-state index in [9.17, 15) is 4.79 Å². The third-order valence-electron chi connectivity index (χ3n) is 2.70. The molecule has 0 saturated carbocycles. The molecule has 1 radical (unpaired) electrons. The number of ether oxygens (including phenoxy) is 1. The van der Waals surface area contributed by atoms with Crippen molar-refractivity contribution < 1.29 is 19.5 Å². The fourth-order valence-electron chi connectivity index (χ4n) is 1.66. The summed E-state index contributed by atoms with van der Waals surface area (Å²) in [5.41, 5.74) is 2.51. The van der Waals surface area contributed by atoms with Crippen molar-refractivity contribution in [1.82, 2.24) is 15.6 Å². The van der Waals surface area contributed by atoms with Gasteiger partial charge in [0, 0.05) is 13.1 Å². The van der Waals surface area contributed by atoms with E-state index in [-0.39, 0.29) is 5.91 Å². The second-order valence-corrected chi connectivity index (χ2v) is 4.31. The zero-order valence-electron chi connectivity index (χ0n) is 9.79. The molecule has 8 nitrogen and oxygen atoms in total. The van der Waals surface area contributed by atoms with Gasteiger partial charge in [-0.25, -0.2) is 0 Å². The van der Waals surface area contributed by atoms with Crippen molar-refractivity contribution in [3.63, 3.8) is 0 Å². The van der Waals surface area contributed by atoms with Gasteiger partial charge in [-0.1, -0.05) is 5.10 Å². The number of carbonyl (C=O) groups is 1. The first kappa shape index (κ1) is 11.9. The van der Waals surface area contributed by atoms with Crippen LogP contribution in [0.25, 0.3) is 0 Å². The zero-order valence-corrected chi connectivity index (χ0v) is 9.79. The Kier molecular flexibility index (Phi) is 3.07. The third kappa shape index (κ3) is 2.27. The Bertz CT molecular complexity index is 338. The van der Waals surface area contributed by atoms with Gasteiger partial charge in [-0.05, 0) is 13.8 Å². The summed E-state index contributed by atoms with van der Waals surface area (Å²) in [6, 6.07) is 0. The van der Waals surface area contributed by atoms with Gasteiger partial charge >= 0.3 is 6.08 Å². The van der Waals surface area contributed by atoms with Crippen molar-refractivity contribution in [2.45, 2.75) is 19.4 Å². The number of morpholine rings is 1. The summed E-state index contributed by atoms with van der Waals surface area (Å²) in [7, 11) is 0. The normalized spacial score (nSPS) is 21.2. The van der Waals surface area contributed by atoms with Crippen LogP contribution in [0.15, 0.2) is 5.10 Å². The highest BCUT2D eigenvalue weighted by molar-refractivity contribution is 5.85. The van der Waals surface area contributed by atoms with Crippen LogP contribution in [0.1, 0.15) is 13.8 Å². The molecular formula is C9H15N4O4. The van der Waals surface area contributed by atoms with Gasteiger partial charge in [0.25, 0.3) is 5.91 Å². The second kappa shape index (κ2) is 4.38. The summed E-state index contributed by atoms with van der Waals surface area (Å²) in [6.07, 6.45) is -0.562. The fourth-order valence-corrected chi connectivity index (χ4v) is 1.66. The van der Waals surface area contributed by atoms with Crippen molar-refractivity contribution >= 4 is 12.0 Å². The molecular weight excluding hydrogens is 228 g/mol. The molecule has 0 aromatic carbocycles.